The van der Waals surface area contributed by atoms with Crippen LogP contribution in [-0.4, -0.2) is 11.1 Å². The Bertz CT molecular complexity index is 541. The maximum Gasteiger partial charge on any atom is 0.277 e. The van der Waals surface area contributed by atoms with Gasteiger partial charge in [0.1, 0.15) is 12.3 Å². The molecule has 2 rings (SSSR count). The van der Waals surface area contributed by atoms with Gasteiger partial charge < -0.3 is 9.84 Å². The van der Waals surface area contributed by atoms with E-state index in [2.05, 4.69) is 15.0 Å². The highest BCUT2D eigenvalue weighted by Crippen LogP contribution is 2.14. The summed E-state index contributed by atoms with van der Waals surface area (Å²) in [6.45, 7) is 0. The third-order valence-corrected chi connectivity index (χ3v) is 1.97. The van der Waals surface area contributed by atoms with Gasteiger partial charge in [-0.25, -0.2) is 0 Å². The molecule has 0 radical (unpaired) electrons. The average molecular weight is 213 g/mol. The Kier molecular flexibility index (Phi) is 2.65. The zero-order chi connectivity index (χ0) is 11.4. The molecule has 2 aromatic rings. The van der Waals surface area contributed by atoms with E-state index in [0.29, 0.717) is 11.3 Å². The number of amides is 1. The summed E-state index contributed by atoms with van der Waals surface area (Å²) in [7, 11) is 0. The number of carbonyl (C=O) groups excluding carboxylic acids is 1. The Labute approximate surface area is 91.3 Å². The van der Waals surface area contributed by atoms with Gasteiger partial charge in [0.25, 0.3) is 5.91 Å². The van der Waals surface area contributed by atoms with Crippen molar-refractivity contribution in [3.8, 4) is 6.07 Å². The number of rotatable bonds is 2. The second-order valence-corrected chi connectivity index (χ2v) is 3.00. The minimum Gasteiger partial charge on any atom is -0.364 e. The van der Waals surface area contributed by atoms with Gasteiger partial charge in [-0.1, -0.05) is 17.3 Å². The van der Waals surface area contributed by atoms with Gasteiger partial charge in [-0.15, -0.1) is 0 Å². The molecule has 0 saturated carbocycles. The lowest BCUT2D eigenvalue weighted by Crippen LogP contribution is -2.13. The van der Waals surface area contributed by atoms with Crippen molar-refractivity contribution in [2.45, 2.75) is 0 Å². The molecule has 0 spiro atoms. The summed E-state index contributed by atoms with van der Waals surface area (Å²) < 4.78 is 4.55. The summed E-state index contributed by atoms with van der Waals surface area (Å²) in [4.78, 5) is 11.6. The van der Waals surface area contributed by atoms with Gasteiger partial charge in [0.2, 0.25) is 0 Å². The van der Waals surface area contributed by atoms with Crippen LogP contribution in [0.3, 0.4) is 0 Å². The highest BCUT2D eigenvalue weighted by Gasteiger charge is 2.10. The van der Waals surface area contributed by atoms with E-state index in [1.807, 2.05) is 6.07 Å². The van der Waals surface area contributed by atoms with E-state index >= 15 is 0 Å². The molecule has 1 heterocycles. The van der Waals surface area contributed by atoms with Crippen LogP contribution in [0.25, 0.3) is 0 Å². The van der Waals surface area contributed by atoms with E-state index in [0.717, 1.165) is 0 Å². The van der Waals surface area contributed by atoms with Crippen LogP contribution in [0, 0.1) is 11.3 Å². The lowest BCUT2D eigenvalue weighted by molar-refractivity contribution is 0.101. The summed E-state index contributed by atoms with van der Waals surface area (Å²) in [5.74, 6) is -0.406. The maximum atomic E-state index is 11.6. The normalized spacial score (nSPS) is 9.44. The van der Waals surface area contributed by atoms with E-state index in [1.165, 1.54) is 12.3 Å². The van der Waals surface area contributed by atoms with E-state index in [9.17, 15) is 4.79 Å². The first-order valence-electron chi connectivity index (χ1n) is 4.52. The van der Waals surface area contributed by atoms with Crippen LogP contribution >= 0.6 is 0 Å². The van der Waals surface area contributed by atoms with E-state index < -0.39 is 5.91 Å². The summed E-state index contributed by atoms with van der Waals surface area (Å²) in [5, 5.41) is 14.9. The summed E-state index contributed by atoms with van der Waals surface area (Å²) in [6, 6.07) is 10.2. The van der Waals surface area contributed by atoms with Gasteiger partial charge >= 0.3 is 0 Å². The Morgan fingerprint density at radius 1 is 1.38 bits per heavy atom. The van der Waals surface area contributed by atoms with E-state index in [-0.39, 0.29) is 5.69 Å². The highest BCUT2D eigenvalue weighted by atomic mass is 16.5. The quantitative estimate of drug-likeness (QED) is 0.824. The largest absolute Gasteiger partial charge is 0.364 e. The molecule has 0 aliphatic heterocycles. The lowest BCUT2D eigenvalue weighted by atomic mass is 10.2. The third-order valence-electron chi connectivity index (χ3n) is 1.97. The highest BCUT2D eigenvalue weighted by molar-refractivity contribution is 6.03. The van der Waals surface area contributed by atoms with Crippen molar-refractivity contribution >= 4 is 11.6 Å². The number of benzene rings is 1. The fourth-order valence-corrected chi connectivity index (χ4v) is 1.21. The fraction of sp³-hybridized carbons (Fsp3) is 0. The molecule has 0 atom stereocenters. The number of para-hydroxylation sites is 1. The molecule has 1 N–H and O–H groups in total. The average Bonchev–Trinajstić information content (AvgIpc) is 2.83. The standard InChI is InChI=1S/C11H7N3O2/c12-7-8-3-1-2-4-9(8)13-11(15)10-5-6-16-14-10/h1-6H,(H,13,15). The smallest absolute Gasteiger partial charge is 0.277 e. The predicted octanol–water partition coefficient (Wildman–Crippen LogP) is 1.80. The molecule has 0 aliphatic rings. The van der Waals surface area contributed by atoms with Crippen molar-refractivity contribution < 1.29 is 9.32 Å². The van der Waals surface area contributed by atoms with Crippen LogP contribution in [0.4, 0.5) is 5.69 Å². The van der Waals surface area contributed by atoms with Crippen molar-refractivity contribution in [2.75, 3.05) is 5.32 Å². The van der Waals surface area contributed by atoms with Crippen molar-refractivity contribution in [2.24, 2.45) is 0 Å². The Balaban J connectivity index is 2.22. The lowest BCUT2D eigenvalue weighted by Gasteiger charge is -2.03. The van der Waals surface area contributed by atoms with Gasteiger partial charge in [-0.05, 0) is 12.1 Å². The number of aromatic nitrogens is 1. The fourth-order valence-electron chi connectivity index (χ4n) is 1.21. The number of nitrogens with zero attached hydrogens (tertiary/aromatic N) is 2. The first-order valence-corrected chi connectivity index (χ1v) is 4.52. The van der Waals surface area contributed by atoms with E-state index in [1.54, 1.807) is 24.3 Å². The molecule has 1 aromatic heterocycles. The minimum absolute atomic E-state index is 0.174. The molecule has 0 saturated heterocycles. The van der Waals surface area contributed by atoms with Crippen LogP contribution < -0.4 is 5.32 Å². The number of nitrogens with one attached hydrogen (secondary N) is 1. The van der Waals surface area contributed by atoms with Crippen LogP contribution in [0.2, 0.25) is 0 Å². The van der Waals surface area contributed by atoms with Crippen molar-refractivity contribution in [1.29, 1.82) is 5.26 Å². The van der Waals surface area contributed by atoms with Gasteiger partial charge in [-0.2, -0.15) is 5.26 Å². The van der Waals surface area contributed by atoms with Gasteiger partial charge in [0.15, 0.2) is 5.69 Å². The Morgan fingerprint density at radius 3 is 2.88 bits per heavy atom. The van der Waals surface area contributed by atoms with Gasteiger partial charge in [0, 0.05) is 6.07 Å². The first kappa shape index (κ1) is 9.93. The van der Waals surface area contributed by atoms with Gasteiger partial charge in [0.05, 0.1) is 11.3 Å². The molecule has 5 heteroatoms. The summed E-state index contributed by atoms with van der Waals surface area (Å²) in [6.07, 6.45) is 1.31. The number of anilines is 1. The minimum atomic E-state index is -0.406. The Hall–Kier alpha value is -2.61. The van der Waals surface area contributed by atoms with Crippen LogP contribution in [0.5, 0.6) is 0 Å². The molecule has 0 aliphatic carbocycles. The zero-order valence-electron chi connectivity index (χ0n) is 8.18. The Morgan fingerprint density at radius 2 is 2.19 bits per heavy atom. The first-order chi connectivity index (χ1) is 7.81. The molecule has 1 amide bonds. The van der Waals surface area contributed by atoms with Crippen molar-refractivity contribution in [1.82, 2.24) is 5.16 Å². The van der Waals surface area contributed by atoms with Crippen molar-refractivity contribution in [3.63, 3.8) is 0 Å². The monoisotopic (exact) mass is 213 g/mol. The van der Waals surface area contributed by atoms with Gasteiger partial charge in [-0.3, -0.25) is 4.79 Å². The molecule has 5 nitrogen and oxygen atoms in total. The topological polar surface area (TPSA) is 78.9 Å². The zero-order valence-corrected chi connectivity index (χ0v) is 8.18. The van der Waals surface area contributed by atoms with Crippen molar-refractivity contribution in [3.05, 3.63) is 47.9 Å². The van der Waals surface area contributed by atoms with Crippen LogP contribution in [0.15, 0.2) is 41.1 Å². The molecule has 0 bridgehead atoms. The molecule has 0 unspecified atom stereocenters. The SMILES string of the molecule is N#Cc1ccccc1NC(=O)c1ccon1. The number of hydrogen-bond donors (Lipinski definition) is 1. The predicted molar refractivity (Wildman–Crippen MR) is 55.6 cm³/mol. The molecule has 0 fully saturated rings. The van der Waals surface area contributed by atoms with Crippen LogP contribution in [0.1, 0.15) is 16.1 Å². The number of carbonyl (C=O) groups is 1. The maximum absolute atomic E-state index is 11.6. The van der Waals surface area contributed by atoms with E-state index in [4.69, 9.17) is 5.26 Å². The summed E-state index contributed by atoms with van der Waals surface area (Å²) >= 11 is 0. The number of nitriles is 1. The molecule has 78 valence electrons. The summed E-state index contributed by atoms with van der Waals surface area (Å²) in [5.41, 5.74) is 1.03. The molecular weight excluding hydrogens is 206 g/mol. The molecule has 16 heavy (non-hydrogen) atoms. The second-order valence-electron chi connectivity index (χ2n) is 3.00. The van der Waals surface area contributed by atoms with Crippen LogP contribution in [-0.2, 0) is 0 Å². The second kappa shape index (κ2) is 4.28. The third kappa shape index (κ3) is 1.91. The molecular formula is C11H7N3O2. The number of hydrogen-bond acceptors (Lipinski definition) is 4. The molecule has 1 aromatic carbocycles.